The molecule has 0 aliphatic heterocycles. The number of ether oxygens (including phenoxy) is 1. The summed E-state index contributed by atoms with van der Waals surface area (Å²) in [5.41, 5.74) is 2.06. The van der Waals surface area contributed by atoms with E-state index in [2.05, 4.69) is 5.32 Å². The molecule has 0 unspecified atom stereocenters. The summed E-state index contributed by atoms with van der Waals surface area (Å²) in [6, 6.07) is 17.7. The van der Waals surface area contributed by atoms with Gasteiger partial charge in [0.2, 0.25) is 0 Å². The Labute approximate surface area is 152 Å². The molecule has 0 saturated carbocycles. The average Bonchev–Trinajstić information content (AvgIpc) is 2.64. The van der Waals surface area contributed by atoms with Crippen LogP contribution in [0.5, 0.6) is 0 Å². The number of hydrogen-bond donors (Lipinski definition) is 1. The Kier molecular flexibility index (Phi) is 7.79. The van der Waals surface area contributed by atoms with Crippen LogP contribution >= 0.6 is 11.8 Å². The zero-order valence-electron chi connectivity index (χ0n) is 14.1. The standard InChI is InChI=1S/C20H21NO3S/c1-16-7-9-17(10-8-16)11-12-20(23)24-15-19(22)21-13-14-25-18-5-3-2-4-6-18/h2-12H,13-15H2,1H3,(H,21,22)/b12-11+. The monoisotopic (exact) mass is 355 g/mol. The lowest BCUT2D eigenvalue weighted by Crippen LogP contribution is -2.30. The van der Waals surface area contributed by atoms with Crippen molar-refractivity contribution in [1.82, 2.24) is 5.32 Å². The molecular formula is C20H21NO3S. The number of amides is 1. The van der Waals surface area contributed by atoms with Gasteiger partial charge >= 0.3 is 5.97 Å². The molecule has 0 saturated heterocycles. The van der Waals surface area contributed by atoms with Crippen LogP contribution in [0.2, 0.25) is 0 Å². The van der Waals surface area contributed by atoms with Crippen LogP contribution in [0, 0.1) is 6.92 Å². The highest BCUT2D eigenvalue weighted by atomic mass is 32.2. The number of thioether (sulfide) groups is 1. The Morgan fingerprint density at radius 1 is 1.08 bits per heavy atom. The summed E-state index contributed by atoms with van der Waals surface area (Å²) in [6.07, 6.45) is 2.99. The molecule has 0 spiro atoms. The first-order valence-corrected chi connectivity index (χ1v) is 8.98. The van der Waals surface area contributed by atoms with Crippen LogP contribution in [0.25, 0.3) is 6.08 Å². The molecule has 0 heterocycles. The molecule has 2 aromatic carbocycles. The molecule has 0 fully saturated rings. The Morgan fingerprint density at radius 2 is 1.80 bits per heavy atom. The van der Waals surface area contributed by atoms with Gasteiger partial charge in [0.25, 0.3) is 5.91 Å². The van der Waals surface area contributed by atoms with Gasteiger partial charge in [0, 0.05) is 23.3 Å². The largest absolute Gasteiger partial charge is 0.452 e. The molecule has 0 atom stereocenters. The fraction of sp³-hybridized carbons (Fsp3) is 0.200. The second-order valence-corrected chi connectivity index (χ2v) is 6.53. The van der Waals surface area contributed by atoms with Gasteiger partial charge in [0.15, 0.2) is 6.61 Å². The maximum atomic E-state index is 11.6. The number of hydrogen-bond acceptors (Lipinski definition) is 4. The lowest BCUT2D eigenvalue weighted by atomic mass is 10.1. The predicted octanol–water partition coefficient (Wildman–Crippen LogP) is 3.46. The summed E-state index contributed by atoms with van der Waals surface area (Å²) in [4.78, 5) is 24.4. The van der Waals surface area contributed by atoms with E-state index >= 15 is 0 Å². The maximum absolute atomic E-state index is 11.6. The fourth-order valence-corrected chi connectivity index (χ4v) is 2.74. The molecule has 2 rings (SSSR count). The van der Waals surface area contributed by atoms with Crippen molar-refractivity contribution in [3.63, 3.8) is 0 Å². The predicted molar refractivity (Wildman–Crippen MR) is 101 cm³/mol. The second-order valence-electron chi connectivity index (χ2n) is 5.36. The van der Waals surface area contributed by atoms with Gasteiger partial charge in [-0.25, -0.2) is 4.79 Å². The third-order valence-corrected chi connectivity index (χ3v) is 4.28. The molecular weight excluding hydrogens is 334 g/mol. The third-order valence-electron chi connectivity index (χ3n) is 3.27. The number of nitrogens with one attached hydrogen (secondary N) is 1. The molecule has 0 aliphatic rings. The van der Waals surface area contributed by atoms with Crippen LogP contribution in [0.3, 0.4) is 0 Å². The van der Waals surface area contributed by atoms with E-state index in [1.807, 2.05) is 61.5 Å². The number of benzene rings is 2. The summed E-state index contributed by atoms with van der Waals surface area (Å²) < 4.78 is 4.92. The van der Waals surface area contributed by atoms with Crippen molar-refractivity contribution in [2.45, 2.75) is 11.8 Å². The molecule has 2 aromatic rings. The van der Waals surface area contributed by atoms with Crippen molar-refractivity contribution >= 4 is 29.7 Å². The molecule has 4 nitrogen and oxygen atoms in total. The van der Waals surface area contributed by atoms with Gasteiger partial charge in [-0.2, -0.15) is 0 Å². The normalized spacial score (nSPS) is 10.6. The lowest BCUT2D eigenvalue weighted by molar-refractivity contribution is -0.143. The highest BCUT2D eigenvalue weighted by Gasteiger charge is 2.04. The van der Waals surface area contributed by atoms with Crippen LogP contribution in [-0.4, -0.2) is 30.8 Å². The third kappa shape index (κ3) is 7.72. The Balaban J connectivity index is 1.60. The van der Waals surface area contributed by atoms with E-state index in [0.717, 1.165) is 21.8 Å². The van der Waals surface area contributed by atoms with E-state index in [9.17, 15) is 9.59 Å². The number of carbonyl (C=O) groups excluding carboxylic acids is 2. The molecule has 0 radical (unpaired) electrons. The number of rotatable bonds is 8. The minimum Gasteiger partial charge on any atom is -0.452 e. The van der Waals surface area contributed by atoms with Crippen LogP contribution < -0.4 is 5.32 Å². The molecule has 0 bridgehead atoms. The van der Waals surface area contributed by atoms with Crippen LogP contribution in [0.1, 0.15) is 11.1 Å². The Hall–Kier alpha value is -2.53. The first-order chi connectivity index (χ1) is 12.1. The van der Waals surface area contributed by atoms with Gasteiger partial charge in [-0.15, -0.1) is 11.8 Å². The molecule has 130 valence electrons. The fourth-order valence-electron chi connectivity index (χ4n) is 1.95. The van der Waals surface area contributed by atoms with Crippen molar-refractivity contribution in [3.8, 4) is 0 Å². The van der Waals surface area contributed by atoms with Gasteiger partial charge in [0.05, 0.1) is 0 Å². The van der Waals surface area contributed by atoms with Gasteiger partial charge in [-0.3, -0.25) is 4.79 Å². The Bertz CT molecular complexity index is 711. The number of aryl methyl sites for hydroxylation is 1. The topological polar surface area (TPSA) is 55.4 Å². The van der Waals surface area contributed by atoms with E-state index in [0.29, 0.717) is 6.54 Å². The van der Waals surface area contributed by atoms with Gasteiger partial charge in [0.1, 0.15) is 0 Å². The van der Waals surface area contributed by atoms with E-state index in [4.69, 9.17) is 4.74 Å². The van der Waals surface area contributed by atoms with Crippen molar-refractivity contribution < 1.29 is 14.3 Å². The quantitative estimate of drug-likeness (QED) is 0.341. The number of carbonyl (C=O) groups is 2. The van der Waals surface area contributed by atoms with Crippen molar-refractivity contribution in [1.29, 1.82) is 0 Å². The van der Waals surface area contributed by atoms with E-state index in [1.54, 1.807) is 17.8 Å². The molecule has 1 N–H and O–H groups in total. The molecule has 1 amide bonds. The van der Waals surface area contributed by atoms with E-state index in [-0.39, 0.29) is 12.5 Å². The summed E-state index contributed by atoms with van der Waals surface area (Å²) >= 11 is 1.66. The maximum Gasteiger partial charge on any atom is 0.331 e. The van der Waals surface area contributed by atoms with Crippen LogP contribution in [-0.2, 0) is 14.3 Å². The zero-order chi connectivity index (χ0) is 17.9. The average molecular weight is 355 g/mol. The first kappa shape index (κ1) is 18.8. The summed E-state index contributed by atoms with van der Waals surface area (Å²) in [5.74, 6) is -0.0723. The van der Waals surface area contributed by atoms with Crippen molar-refractivity contribution in [2.75, 3.05) is 18.9 Å². The van der Waals surface area contributed by atoms with Crippen molar-refractivity contribution in [3.05, 3.63) is 71.8 Å². The first-order valence-electron chi connectivity index (χ1n) is 7.99. The minimum absolute atomic E-state index is 0.271. The smallest absolute Gasteiger partial charge is 0.331 e. The van der Waals surface area contributed by atoms with E-state index < -0.39 is 5.97 Å². The SMILES string of the molecule is Cc1ccc(/C=C/C(=O)OCC(=O)NCCSc2ccccc2)cc1. The summed E-state index contributed by atoms with van der Waals surface area (Å²) in [5, 5.41) is 2.73. The second kappa shape index (κ2) is 10.4. The number of esters is 1. The lowest BCUT2D eigenvalue weighted by Gasteiger charge is -2.05. The van der Waals surface area contributed by atoms with E-state index in [1.165, 1.54) is 6.08 Å². The van der Waals surface area contributed by atoms with Gasteiger partial charge in [-0.05, 0) is 30.7 Å². The van der Waals surface area contributed by atoms with Gasteiger partial charge in [-0.1, -0.05) is 48.0 Å². The highest BCUT2D eigenvalue weighted by molar-refractivity contribution is 7.99. The molecule has 5 heteroatoms. The summed E-state index contributed by atoms with van der Waals surface area (Å²) in [7, 11) is 0. The summed E-state index contributed by atoms with van der Waals surface area (Å²) in [6.45, 7) is 2.25. The Morgan fingerprint density at radius 3 is 2.52 bits per heavy atom. The van der Waals surface area contributed by atoms with Crippen molar-refractivity contribution in [2.24, 2.45) is 0 Å². The minimum atomic E-state index is -0.533. The highest BCUT2D eigenvalue weighted by Crippen LogP contribution is 2.15. The molecule has 0 aromatic heterocycles. The molecule has 25 heavy (non-hydrogen) atoms. The van der Waals surface area contributed by atoms with Crippen LogP contribution in [0.4, 0.5) is 0 Å². The molecule has 0 aliphatic carbocycles. The van der Waals surface area contributed by atoms with Crippen LogP contribution in [0.15, 0.2) is 65.6 Å². The van der Waals surface area contributed by atoms with Gasteiger partial charge < -0.3 is 10.1 Å². The zero-order valence-corrected chi connectivity index (χ0v) is 14.9.